The second-order valence-electron chi connectivity index (χ2n) is 7.18. The largest absolute Gasteiger partial charge is 0.419 e. The minimum absolute atomic E-state index is 0.649. The fraction of sp³-hybridized carbons (Fsp3) is 0.125. The molecule has 4 rings (SSSR count). The van der Waals surface area contributed by atoms with Gasteiger partial charge in [-0.05, 0) is 43.7 Å². The molecule has 158 valence electrons. The Morgan fingerprint density at radius 3 is 1.94 bits per heavy atom. The molecular weight excluding hydrogens is 443 g/mol. The molecule has 7 heteroatoms. The van der Waals surface area contributed by atoms with Crippen LogP contribution in [0.25, 0.3) is 0 Å². The van der Waals surface area contributed by atoms with E-state index in [2.05, 4.69) is 16.7 Å². The van der Waals surface area contributed by atoms with Crippen molar-refractivity contribution < 1.29 is 9.05 Å². The van der Waals surface area contributed by atoms with Crippen LogP contribution in [0.3, 0.4) is 0 Å². The van der Waals surface area contributed by atoms with Crippen LogP contribution in [0.2, 0.25) is 0 Å². The average Bonchev–Trinajstić information content (AvgIpc) is 3.18. The third-order valence-corrected chi connectivity index (χ3v) is 7.49. The summed E-state index contributed by atoms with van der Waals surface area (Å²) in [5.74, 6) is 1.30. The molecule has 0 saturated heterocycles. The monoisotopic (exact) mass is 466 g/mol. The third kappa shape index (κ3) is 5.95. The molecule has 0 bridgehead atoms. The van der Waals surface area contributed by atoms with Crippen molar-refractivity contribution in [3.05, 3.63) is 112 Å². The molecule has 0 atom stereocenters. The quantitative estimate of drug-likeness (QED) is 0.292. The van der Waals surface area contributed by atoms with Crippen molar-refractivity contribution in [3.8, 4) is 11.5 Å². The van der Waals surface area contributed by atoms with Gasteiger partial charge in [0.1, 0.15) is 11.5 Å². The molecule has 0 saturated carbocycles. The molecule has 4 nitrogen and oxygen atoms in total. The maximum absolute atomic E-state index is 6.20. The van der Waals surface area contributed by atoms with Crippen molar-refractivity contribution in [2.75, 3.05) is 0 Å². The number of aromatic nitrogens is 1. The van der Waals surface area contributed by atoms with Crippen molar-refractivity contribution >= 4 is 29.8 Å². The zero-order valence-electron chi connectivity index (χ0n) is 17.3. The summed E-state index contributed by atoms with van der Waals surface area (Å²) in [6.45, 7) is 1.70. The van der Waals surface area contributed by atoms with E-state index in [9.17, 15) is 0 Å². The van der Waals surface area contributed by atoms with Gasteiger partial charge >= 0.3 is 6.64 Å². The minimum atomic E-state index is -3.07. The fourth-order valence-electron chi connectivity index (χ4n) is 2.91. The number of rotatable bonds is 7. The van der Waals surface area contributed by atoms with E-state index in [1.54, 1.807) is 0 Å². The number of hydrogen-bond donors (Lipinski definition) is 0. The Balaban J connectivity index is 1.70. The maximum atomic E-state index is 6.20. The van der Waals surface area contributed by atoms with Gasteiger partial charge in [-0.3, -0.25) is 0 Å². The van der Waals surface area contributed by atoms with Gasteiger partial charge in [-0.15, -0.1) is 11.3 Å². The SMILES string of the molecule is Cc1ccc(OP(=S)(/N=c2\sccn2Cc2ccccc2)Oc2ccc(C)cc2)cc1. The van der Waals surface area contributed by atoms with Crippen molar-refractivity contribution in [2.24, 2.45) is 4.76 Å². The number of hydrogen-bond acceptors (Lipinski definition) is 4. The van der Waals surface area contributed by atoms with E-state index in [-0.39, 0.29) is 0 Å². The van der Waals surface area contributed by atoms with Crippen LogP contribution in [-0.4, -0.2) is 4.57 Å². The first-order valence-electron chi connectivity index (χ1n) is 9.86. The summed E-state index contributed by atoms with van der Waals surface area (Å²) in [6.07, 6.45) is 2.01. The summed E-state index contributed by atoms with van der Waals surface area (Å²) >= 11 is 7.42. The Bertz CT molecular complexity index is 1200. The van der Waals surface area contributed by atoms with Crippen molar-refractivity contribution in [1.29, 1.82) is 0 Å². The average molecular weight is 467 g/mol. The van der Waals surface area contributed by atoms with Gasteiger partial charge in [0.25, 0.3) is 0 Å². The first kappa shape index (κ1) is 21.6. The topological polar surface area (TPSA) is 35.8 Å². The summed E-state index contributed by atoms with van der Waals surface area (Å²) in [5, 5.41) is 2.00. The van der Waals surface area contributed by atoms with Crippen LogP contribution >= 0.6 is 18.0 Å². The third-order valence-electron chi connectivity index (χ3n) is 4.55. The van der Waals surface area contributed by atoms with E-state index in [0.29, 0.717) is 18.0 Å². The standard InChI is InChI=1S/C24H23N2O2PS2/c1-19-8-12-22(13-9-19)27-29(30,28-23-14-10-20(2)11-15-23)25-24-26(16-17-31-24)18-21-6-4-3-5-7-21/h3-17H,18H2,1-2H3/b25-24-. The zero-order valence-corrected chi connectivity index (χ0v) is 19.9. The van der Waals surface area contributed by atoms with Gasteiger partial charge in [-0.2, -0.15) is 4.76 Å². The molecule has 0 fully saturated rings. The second kappa shape index (κ2) is 9.65. The highest BCUT2D eigenvalue weighted by Crippen LogP contribution is 2.50. The summed E-state index contributed by atoms with van der Waals surface area (Å²) in [4.78, 5) is 0.770. The highest BCUT2D eigenvalue weighted by Gasteiger charge is 2.23. The number of benzene rings is 3. The van der Waals surface area contributed by atoms with Gasteiger partial charge in [-0.1, -0.05) is 65.7 Å². The van der Waals surface area contributed by atoms with Crippen LogP contribution in [0.4, 0.5) is 0 Å². The van der Waals surface area contributed by atoms with E-state index in [0.717, 1.165) is 15.9 Å². The van der Waals surface area contributed by atoms with Gasteiger partial charge in [0, 0.05) is 29.9 Å². The van der Waals surface area contributed by atoms with Gasteiger partial charge in [0.2, 0.25) is 0 Å². The predicted molar refractivity (Wildman–Crippen MR) is 131 cm³/mol. The van der Waals surface area contributed by atoms with Crippen LogP contribution < -0.4 is 13.8 Å². The van der Waals surface area contributed by atoms with Crippen molar-refractivity contribution in [3.63, 3.8) is 0 Å². The van der Waals surface area contributed by atoms with E-state index >= 15 is 0 Å². The van der Waals surface area contributed by atoms with Gasteiger partial charge < -0.3 is 13.6 Å². The second-order valence-corrected chi connectivity index (χ2v) is 10.9. The highest BCUT2D eigenvalue weighted by molar-refractivity contribution is 8.09. The molecule has 3 aromatic carbocycles. The number of aryl methyl sites for hydroxylation is 2. The molecule has 0 radical (unpaired) electrons. The molecule has 0 amide bonds. The molecule has 1 heterocycles. The maximum Gasteiger partial charge on any atom is 0.416 e. The Labute approximate surface area is 191 Å². The Morgan fingerprint density at radius 2 is 1.39 bits per heavy atom. The Morgan fingerprint density at radius 1 is 0.839 bits per heavy atom. The lowest BCUT2D eigenvalue weighted by molar-refractivity contribution is 0.485. The van der Waals surface area contributed by atoms with Crippen LogP contribution in [0.5, 0.6) is 11.5 Å². The molecule has 0 spiro atoms. The van der Waals surface area contributed by atoms with Crippen LogP contribution in [0.15, 0.2) is 95.2 Å². The number of nitrogens with zero attached hydrogens (tertiary/aromatic N) is 2. The molecule has 0 aliphatic rings. The van der Waals surface area contributed by atoms with Gasteiger partial charge in [0.15, 0.2) is 4.80 Å². The first-order valence-corrected chi connectivity index (χ1v) is 13.3. The van der Waals surface area contributed by atoms with Gasteiger partial charge in [0.05, 0.1) is 0 Å². The molecule has 0 unspecified atom stereocenters. The summed E-state index contributed by atoms with van der Waals surface area (Å²) < 4.78 is 19.3. The molecular formula is C24H23N2O2PS2. The van der Waals surface area contributed by atoms with Crippen LogP contribution in [0.1, 0.15) is 16.7 Å². The van der Waals surface area contributed by atoms with Crippen LogP contribution in [0, 0.1) is 13.8 Å². The zero-order chi connectivity index (χ0) is 21.7. The molecule has 0 N–H and O–H groups in total. The lowest BCUT2D eigenvalue weighted by Gasteiger charge is -2.19. The van der Waals surface area contributed by atoms with E-state index in [1.807, 2.05) is 92.2 Å². The minimum Gasteiger partial charge on any atom is -0.419 e. The van der Waals surface area contributed by atoms with Crippen molar-refractivity contribution in [1.82, 2.24) is 4.57 Å². The van der Waals surface area contributed by atoms with E-state index in [4.69, 9.17) is 25.6 Å². The summed E-state index contributed by atoms with van der Waals surface area (Å²) in [5.41, 5.74) is 3.49. The summed E-state index contributed by atoms with van der Waals surface area (Å²) in [7, 11) is 0. The normalized spacial score (nSPS) is 12.0. The van der Waals surface area contributed by atoms with E-state index in [1.165, 1.54) is 16.9 Å². The lowest BCUT2D eigenvalue weighted by atomic mass is 10.2. The molecule has 4 aromatic rings. The molecule has 1 aromatic heterocycles. The van der Waals surface area contributed by atoms with Crippen LogP contribution in [-0.2, 0) is 18.4 Å². The summed E-state index contributed by atoms with van der Waals surface area (Å²) in [6, 6.07) is 25.8. The smallest absolute Gasteiger partial charge is 0.416 e. The van der Waals surface area contributed by atoms with Crippen molar-refractivity contribution in [2.45, 2.75) is 20.4 Å². The first-order chi connectivity index (χ1) is 15.0. The Hall–Kier alpha value is -2.66. The molecule has 31 heavy (non-hydrogen) atoms. The fourth-order valence-corrected chi connectivity index (χ4v) is 6.13. The molecule has 0 aliphatic heterocycles. The lowest BCUT2D eigenvalue weighted by Crippen LogP contribution is -2.16. The Kier molecular flexibility index (Phi) is 6.71. The van der Waals surface area contributed by atoms with Gasteiger partial charge in [-0.25, -0.2) is 0 Å². The predicted octanol–water partition coefficient (Wildman–Crippen LogP) is 6.50. The highest BCUT2D eigenvalue weighted by atomic mass is 32.5. The van der Waals surface area contributed by atoms with E-state index < -0.39 is 6.64 Å². The molecule has 0 aliphatic carbocycles. The number of thiazole rings is 1.